The van der Waals surface area contributed by atoms with Crippen molar-refractivity contribution in [3.05, 3.63) is 34.9 Å². The van der Waals surface area contributed by atoms with Gasteiger partial charge in [0, 0.05) is 18.7 Å². The largest absolute Gasteiger partial charge is 0.481 e. The number of aliphatic carboxylic acids is 1. The number of furan rings is 1. The van der Waals surface area contributed by atoms with Crippen molar-refractivity contribution in [3.63, 3.8) is 0 Å². The Morgan fingerprint density at radius 1 is 1.26 bits per heavy atom. The second-order valence-corrected chi connectivity index (χ2v) is 6.91. The topological polar surface area (TPSA) is 110 Å². The quantitative estimate of drug-likeness (QED) is 0.756. The molecule has 4 heterocycles. The fourth-order valence-electron chi connectivity index (χ4n) is 3.60. The zero-order valence-corrected chi connectivity index (χ0v) is 15.3. The van der Waals surface area contributed by atoms with E-state index >= 15 is 0 Å². The molecule has 3 aromatic rings. The zero-order valence-electron chi connectivity index (χ0n) is 15.3. The number of pyridine rings is 1. The highest BCUT2D eigenvalue weighted by molar-refractivity contribution is 6.07. The van der Waals surface area contributed by atoms with Crippen molar-refractivity contribution >= 4 is 23.0 Å². The highest BCUT2D eigenvalue weighted by Crippen LogP contribution is 2.31. The Balaban J connectivity index is 1.81. The van der Waals surface area contributed by atoms with E-state index < -0.39 is 11.9 Å². The monoisotopic (exact) mass is 369 g/mol. The second kappa shape index (κ2) is 6.22. The van der Waals surface area contributed by atoms with Crippen LogP contribution >= 0.6 is 0 Å². The van der Waals surface area contributed by atoms with Crippen molar-refractivity contribution in [2.45, 2.75) is 27.2 Å². The van der Waals surface area contributed by atoms with Gasteiger partial charge in [-0.1, -0.05) is 5.16 Å². The molecule has 1 atom stereocenters. The van der Waals surface area contributed by atoms with Gasteiger partial charge in [-0.15, -0.1) is 0 Å². The lowest BCUT2D eigenvalue weighted by atomic mass is 10.0. The van der Waals surface area contributed by atoms with Gasteiger partial charge in [0.25, 0.3) is 11.6 Å². The SMILES string of the molecule is Cc1cc(-c2cc(C(=O)N3CCC(C(=O)O)C3)c3c(C)noc3n2)c(C)o1. The van der Waals surface area contributed by atoms with Crippen LogP contribution in [0, 0.1) is 26.7 Å². The molecule has 8 nitrogen and oxygen atoms in total. The molecule has 0 radical (unpaired) electrons. The number of carboxylic acids is 1. The number of carboxylic acid groups (broad SMARTS) is 1. The van der Waals surface area contributed by atoms with Gasteiger partial charge in [-0.3, -0.25) is 9.59 Å². The van der Waals surface area contributed by atoms with Crippen LogP contribution in [0.25, 0.3) is 22.4 Å². The van der Waals surface area contributed by atoms with E-state index in [4.69, 9.17) is 8.94 Å². The van der Waals surface area contributed by atoms with Gasteiger partial charge in [0.1, 0.15) is 11.5 Å². The molecule has 3 aromatic heterocycles. The van der Waals surface area contributed by atoms with Crippen LogP contribution in [0.4, 0.5) is 0 Å². The predicted octanol–water partition coefficient (Wildman–Crippen LogP) is 2.95. The van der Waals surface area contributed by atoms with Crippen molar-refractivity contribution in [2.75, 3.05) is 13.1 Å². The van der Waals surface area contributed by atoms with Crippen LogP contribution < -0.4 is 0 Å². The van der Waals surface area contributed by atoms with E-state index in [0.717, 1.165) is 11.3 Å². The smallest absolute Gasteiger partial charge is 0.308 e. The van der Waals surface area contributed by atoms with E-state index in [-0.39, 0.29) is 18.2 Å². The lowest BCUT2D eigenvalue weighted by Crippen LogP contribution is -2.30. The molecule has 0 bridgehead atoms. The number of nitrogens with zero attached hydrogens (tertiary/aromatic N) is 3. The Labute approximate surface area is 154 Å². The number of amides is 1. The Bertz CT molecular complexity index is 1060. The summed E-state index contributed by atoms with van der Waals surface area (Å²) in [6.07, 6.45) is 0.449. The maximum Gasteiger partial charge on any atom is 0.308 e. The van der Waals surface area contributed by atoms with E-state index in [2.05, 4.69) is 10.1 Å². The summed E-state index contributed by atoms with van der Waals surface area (Å²) in [5, 5.41) is 13.7. The standard InChI is InChI=1S/C19H19N3O5/c1-9-6-13(11(3)26-9)15-7-14(16-10(2)21-27-17(16)20-15)18(23)22-5-4-12(8-22)19(24)25/h6-7,12H,4-5,8H2,1-3H3,(H,24,25). The molecule has 1 saturated heterocycles. The molecule has 140 valence electrons. The lowest BCUT2D eigenvalue weighted by Gasteiger charge is -2.16. The molecule has 0 aliphatic carbocycles. The number of rotatable bonds is 3. The molecule has 1 fully saturated rings. The van der Waals surface area contributed by atoms with Gasteiger partial charge in [-0.05, 0) is 39.3 Å². The predicted molar refractivity (Wildman–Crippen MR) is 95.4 cm³/mol. The number of hydrogen-bond acceptors (Lipinski definition) is 6. The summed E-state index contributed by atoms with van der Waals surface area (Å²) in [5.41, 5.74) is 2.60. The molecule has 27 heavy (non-hydrogen) atoms. The summed E-state index contributed by atoms with van der Waals surface area (Å²) in [7, 11) is 0. The third-order valence-corrected chi connectivity index (χ3v) is 4.99. The Morgan fingerprint density at radius 2 is 2.04 bits per heavy atom. The van der Waals surface area contributed by atoms with Crippen molar-refractivity contribution < 1.29 is 23.6 Å². The number of fused-ring (bicyclic) bond motifs is 1. The van der Waals surface area contributed by atoms with E-state index in [1.165, 1.54) is 0 Å². The van der Waals surface area contributed by atoms with Crippen LogP contribution in [0.3, 0.4) is 0 Å². The Morgan fingerprint density at radius 3 is 2.67 bits per heavy atom. The second-order valence-electron chi connectivity index (χ2n) is 6.91. The minimum Gasteiger partial charge on any atom is -0.481 e. The molecule has 1 unspecified atom stereocenters. The average Bonchev–Trinajstić information content (AvgIpc) is 3.33. The molecule has 8 heteroatoms. The number of aryl methyl sites for hydroxylation is 3. The first-order valence-electron chi connectivity index (χ1n) is 8.71. The minimum absolute atomic E-state index is 0.196. The lowest BCUT2D eigenvalue weighted by molar-refractivity contribution is -0.141. The molecule has 0 saturated carbocycles. The first-order chi connectivity index (χ1) is 12.8. The highest BCUT2D eigenvalue weighted by Gasteiger charge is 2.33. The molecule has 4 rings (SSSR count). The van der Waals surface area contributed by atoms with Crippen LogP contribution in [0.2, 0.25) is 0 Å². The number of aromatic nitrogens is 2. The van der Waals surface area contributed by atoms with Gasteiger partial charge < -0.3 is 18.9 Å². The van der Waals surface area contributed by atoms with Crippen LogP contribution in [0.1, 0.15) is 34.0 Å². The highest BCUT2D eigenvalue weighted by atomic mass is 16.5. The first-order valence-corrected chi connectivity index (χ1v) is 8.71. The fraction of sp³-hybridized carbons (Fsp3) is 0.368. The van der Waals surface area contributed by atoms with Gasteiger partial charge in [0.15, 0.2) is 0 Å². The third kappa shape index (κ3) is 2.87. The van der Waals surface area contributed by atoms with Gasteiger partial charge in [0.05, 0.1) is 28.3 Å². The van der Waals surface area contributed by atoms with Gasteiger partial charge in [0.2, 0.25) is 0 Å². The maximum absolute atomic E-state index is 13.2. The zero-order chi connectivity index (χ0) is 19.3. The maximum atomic E-state index is 13.2. The van der Waals surface area contributed by atoms with Crippen LogP contribution in [0.5, 0.6) is 0 Å². The molecule has 1 aliphatic rings. The van der Waals surface area contributed by atoms with Crippen molar-refractivity contribution in [1.29, 1.82) is 0 Å². The summed E-state index contributed by atoms with van der Waals surface area (Å²) >= 11 is 0. The van der Waals surface area contributed by atoms with Crippen molar-refractivity contribution in [1.82, 2.24) is 15.0 Å². The average molecular weight is 369 g/mol. The normalized spacial score (nSPS) is 17.0. The first kappa shape index (κ1) is 17.3. The number of carbonyl (C=O) groups excluding carboxylic acids is 1. The van der Waals surface area contributed by atoms with Crippen LogP contribution in [-0.4, -0.2) is 45.1 Å². The summed E-state index contributed by atoms with van der Waals surface area (Å²) in [4.78, 5) is 30.5. The van der Waals surface area contributed by atoms with Crippen LogP contribution in [0.15, 0.2) is 21.1 Å². The molecule has 0 spiro atoms. The summed E-state index contributed by atoms with van der Waals surface area (Å²) in [6.45, 7) is 6.03. The van der Waals surface area contributed by atoms with Gasteiger partial charge >= 0.3 is 5.97 Å². The van der Waals surface area contributed by atoms with Gasteiger partial charge in [-0.2, -0.15) is 0 Å². The van der Waals surface area contributed by atoms with E-state index in [9.17, 15) is 14.7 Å². The van der Waals surface area contributed by atoms with E-state index in [1.54, 1.807) is 17.9 Å². The summed E-state index contributed by atoms with van der Waals surface area (Å²) < 4.78 is 10.9. The summed E-state index contributed by atoms with van der Waals surface area (Å²) in [6, 6.07) is 3.57. The van der Waals surface area contributed by atoms with Crippen LogP contribution in [-0.2, 0) is 4.79 Å². The Kier molecular flexibility index (Phi) is 3.98. The number of hydrogen-bond donors (Lipinski definition) is 1. The number of likely N-dealkylation sites (tertiary alicyclic amines) is 1. The molecule has 0 aromatic carbocycles. The molecule has 1 amide bonds. The molecular formula is C19H19N3O5. The van der Waals surface area contributed by atoms with E-state index in [0.29, 0.717) is 41.1 Å². The van der Waals surface area contributed by atoms with Crippen molar-refractivity contribution in [2.24, 2.45) is 5.92 Å². The molecule has 1 aliphatic heterocycles. The van der Waals surface area contributed by atoms with Gasteiger partial charge in [-0.25, -0.2) is 4.98 Å². The molecular weight excluding hydrogens is 350 g/mol. The fourth-order valence-corrected chi connectivity index (χ4v) is 3.60. The van der Waals surface area contributed by atoms with E-state index in [1.807, 2.05) is 19.9 Å². The summed E-state index contributed by atoms with van der Waals surface area (Å²) in [5.74, 6) is -0.211. The number of carbonyl (C=O) groups is 2. The molecule has 1 N–H and O–H groups in total. The minimum atomic E-state index is -0.878. The van der Waals surface area contributed by atoms with Crippen molar-refractivity contribution in [3.8, 4) is 11.3 Å². The third-order valence-electron chi connectivity index (χ3n) is 4.99. The Hall–Kier alpha value is -3.16.